The lowest BCUT2D eigenvalue weighted by Gasteiger charge is -2.11. The number of methoxy groups -OCH3 is 1. The van der Waals surface area contributed by atoms with Gasteiger partial charge in [-0.3, -0.25) is 4.98 Å². The van der Waals surface area contributed by atoms with Crippen molar-refractivity contribution in [3.05, 3.63) is 60.3 Å². The highest BCUT2D eigenvalue weighted by atomic mass is 16.5. The number of anilines is 1. The number of aromatic nitrogens is 4. The highest BCUT2D eigenvalue weighted by molar-refractivity contribution is 5.59. The summed E-state index contributed by atoms with van der Waals surface area (Å²) in [6.45, 7) is 2.59. The maximum Gasteiger partial charge on any atom is 0.213 e. The second-order valence-electron chi connectivity index (χ2n) is 4.88. The molecule has 0 atom stereocenters. The van der Waals surface area contributed by atoms with Crippen molar-refractivity contribution >= 4 is 5.69 Å². The molecule has 3 aromatic heterocycles. The fourth-order valence-corrected chi connectivity index (χ4v) is 2.12. The van der Waals surface area contributed by atoms with Crippen LogP contribution in [0.15, 0.2) is 49.1 Å². The predicted octanol–water partition coefficient (Wildman–Crippen LogP) is 2.59. The first kappa shape index (κ1) is 14.1. The van der Waals surface area contributed by atoms with Gasteiger partial charge in [0.25, 0.3) is 0 Å². The summed E-state index contributed by atoms with van der Waals surface area (Å²) in [6.07, 6.45) is 7.34. The fourth-order valence-electron chi connectivity index (χ4n) is 2.12. The second kappa shape index (κ2) is 6.26. The first-order valence-electron chi connectivity index (χ1n) is 6.96. The lowest BCUT2D eigenvalue weighted by molar-refractivity contribution is 0.396. The Morgan fingerprint density at radius 2 is 2.14 bits per heavy atom. The number of ether oxygens (including phenoxy) is 1. The first-order chi connectivity index (χ1) is 10.8. The number of rotatable bonds is 5. The normalized spacial score (nSPS) is 10.5. The molecule has 0 amide bonds. The van der Waals surface area contributed by atoms with Gasteiger partial charge in [0, 0.05) is 18.5 Å². The van der Waals surface area contributed by atoms with Crippen LogP contribution in [0.3, 0.4) is 0 Å². The van der Waals surface area contributed by atoms with E-state index in [-0.39, 0.29) is 0 Å². The van der Waals surface area contributed by atoms with Gasteiger partial charge < -0.3 is 10.1 Å². The van der Waals surface area contributed by atoms with Crippen LogP contribution in [0.4, 0.5) is 5.69 Å². The Labute approximate surface area is 128 Å². The third-order valence-electron chi connectivity index (χ3n) is 3.21. The molecule has 0 aliphatic carbocycles. The van der Waals surface area contributed by atoms with Crippen LogP contribution in [-0.4, -0.2) is 26.9 Å². The minimum Gasteiger partial charge on any atom is -0.481 e. The summed E-state index contributed by atoms with van der Waals surface area (Å²) in [4.78, 5) is 8.56. The molecule has 3 aromatic rings. The van der Waals surface area contributed by atoms with E-state index in [1.54, 1.807) is 19.5 Å². The summed E-state index contributed by atoms with van der Waals surface area (Å²) in [6, 6.07) is 7.62. The average Bonchev–Trinajstić information content (AvgIpc) is 3.00. The Morgan fingerprint density at radius 1 is 1.23 bits per heavy atom. The molecule has 112 valence electrons. The third kappa shape index (κ3) is 3.06. The molecule has 0 radical (unpaired) electrons. The van der Waals surface area contributed by atoms with Gasteiger partial charge in [0.2, 0.25) is 5.88 Å². The molecule has 0 aliphatic rings. The minimum absolute atomic E-state index is 0.580. The van der Waals surface area contributed by atoms with E-state index in [1.807, 2.05) is 48.3 Å². The van der Waals surface area contributed by atoms with Gasteiger partial charge in [0.1, 0.15) is 0 Å². The standard InChI is InChI=1S/C16H17N5O/c1-12-8-19-21(11-12)15-6-7-17-10-14(15)18-9-13-4-3-5-16(20-13)22-2/h3-8,10-11,18H,9H2,1-2H3. The van der Waals surface area contributed by atoms with E-state index in [0.717, 1.165) is 22.6 Å². The van der Waals surface area contributed by atoms with Gasteiger partial charge in [-0.15, -0.1) is 0 Å². The number of hydrogen-bond acceptors (Lipinski definition) is 5. The van der Waals surface area contributed by atoms with Crippen molar-refractivity contribution in [3.63, 3.8) is 0 Å². The van der Waals surface area contributed by atoms with Crippen molar-refractivity contribution in [1.29, 1.82) is 0 Å². The number of hydrogen-bond donors (Lipinski definition) is 1. The second-order valence-corrected chi connectivity index (χ2v) is 4.88. The molecule has 22 heavy (non-hydrogen) atoms. The van der Waals surface area contributed by atoms with E-state index < -0.39 is 0 Å². The number of nitrogens with zero attached hydrogens (tertiary/aromatic N) is 4. The summed E-state index contributed by atoms with van der Waals surface area (Å²) in [5.74, 6) is 0.605. The molecule has 0 bridgehead atoms. The van der Waals surface area contributed by atoms with Gasteiger partial charge in [0.05, 0.1) is 43.1 Å². The molecule has 6 nitrogen and oxygen atoms in total. The molecule has 0 saturated carbocycles. The quantitative estimate of drug-likeness (QED) is 0.783. The molecule has 0 fully saturated rings. The van der Waals surface area contributed by atoms with Gasteiger partial charge in [-0.25, -0.2) is 9.67 Å². The van der Waals surface area contributed by atoms with Crippen LogP contribution in [0, 0.1) is 6.92 Å². The Morgan fingerprint density at radius 3 is 2.91 bits per heavy atom. The number of pyridine rings is 2. The molecule has 0 aromatic carbocycles. The zero-order chi connectivity index (χ0) is 15.4. The van der Waals surface area contributed by atoms with E-state index >= 15 is 0 Å². The monoisotopic (exact) mass is 295 g/mol. The Balaban J connectivity index is 1.81. The molecule has 0 saturated heterocycles. The summed E-state index contributed by atoms with van der Waals surface area (Å²) < 4.78 is 6.97. The molecular formula is C16H17N5O. The van der Waals surface area contributed by atoms with Gasteiger partial charge in [0.15, 0.2) is 0 Å². The van der Waals surface area contributed by atoms with Crippen molar-refractivity contribution in [2.75, 3.05) is 12.4 Å². The van der Waals surface area contributed by atoms with Crippen LogP contribution in [-0.2, 0) is 6.54 Å². The largest absolute Gasteiger partial charge is 0.481 e. The van der Waals surface area contributed by atoms with Crippen molar-refractivity contribution in [3.8, 4) is 11.6 Å². The van der Waals surface area contributed by atoms with Gasteiger partial charge in [-0.1, -0.05) is 6.07 Å². The van der Waals surface area contributed by atoms with Crippen molar-refractivity contribution in [1.82, 2.24) is 19.7 Å². The number of aryl methyl sites for hydroxylation is 1. The Bertz CT molecular complexity index is 768. The van der Waals surface area contributed by atoms with Crippen molar-refractivity contribution in [2.24, 2.45) is 0 Å². The van der Waals surface area contributed by atoms with Gasteiger partial charge in [-0.05, 0) is 24.6 Å². The van der Waals surface area contributed by atoms with E-state index in [4.69, 9.17) is 4.74 Å². The van der Waals surface area contributed by atoms with Crippen LogP contribution in [0.25, 0.3) is 5.69 Å². The van der Waals surface area contributed by atoms with Crippen LogP contribution < -0.4 is 10.1 Å². The lowest BCUT2D eigenvalue weighted by Crippen LogP contribution is -2.06. The van der Waals surface area contributed by atoms with Crippen molar-refractivity contribution in [2.45, 2.75) is 13.5 Å². The molecule has 3 rings (SSSR count). The fraction of sp³-hybridized carbons (Fsp3) is 0.188. The van der Waals surface area contributed by atoms with E-state index in [2.05, 4.69) is 20.4 Å². The summed E-state index contributed by atoms with van der Waals surface area (Å²) in [5, 5.41) is 7.69. The topological polar surface area (TPSA) is 64.9 Å². The zero-order valence-corrected chi connectivity index (χ0v) is 12.5. The van der Waals surface area contributed by atoms with E-state index in [0.29, 0.717) is 12.4 Å². The van der Waals surface area contributed by atoms with Crippen LogP contribution in [0.2, 0.25) is 0 Å². The summed E-state index contributed by atoms with van der Waals surface area (Å²) in [7, 11) is 1.61. The Kier molecular flexibility index (Phi) is 4.00. The molecule has 3 heterocycles. The predicted molar refractivity (Wildman–Crippen MR) is 84.2 cm³/mol. The molecular weight excluding hydrogens is 278 g/mol. The molecule has 0 unspecified atom stereocenters. The highest BCUT2D eigenvalue weighted by Gasteiger charge is 2.06. The lowest BCUT2D eigenvalue weighted by atomic mass is 10.3. The first-order valence-corrected chi connectivity index (χ1v) is 6.96. The van der Waals surface area contributed by atoms with Gasteiger partial charge in [-0.2, -0.15) is 5.10 Å². The zero-order valence-electron chi connectivity index (χ0n) is 12.5. The summed E-state index contributed by atoms with van der Waals surface area (Å²) in [5.41, 5.74) is 3.85. The Hall–Kier alpha value is -2.89. The molecule has 0 aliphatic heterocycles. The maximum absolute atomic E-state index is 5.14. The number of nitrogens with one attached hydrogen (secondary N) is 1. The third-order valence-corrected chi connectivity index (χ3v) is 3.21. The molecule has 1 N–H and O–H groups in total. The van der Waals surface area contributed by atoms with Crippen LogP contribution in [0.5, 0.6) is 5.88 Å². The SMILES string of the molecule is COc1cccc(CNc2cnccc2-n2cc(C)cn2)n1. The molecule has 0 spiro atoms. The van der Waals surface area contributed by atoms with E-state index in [1.165, 1.54) is 0 Å². The minimum atomic E-state index is 0.580. The maximum atomic E-state index is 5.14. The van der Waals surface area contributed by atoms with Crippen molar-refractivity contribution < 1.29 is 4.74 Å². The molecule has 6 heteroatoms. The van der Waals surface area contributed by atoms with Gasteiger partial charge >= 0.3 is 0 Å². The van der Waals surface area contributed by atoms with Crippen LogP contribution >= 0.6 is 0 Å². The van der Waals surface area contributed by atoms with Crippen LogP contribution in [0.1, 0.15) is 11.3 Å². The van der Waals surface area contributed by atoms with E-state index in [9.17, 15) is 0 Å². The highest BCUT2D eigenvalue weighted by Crippen LogP contribution is 2.19. The summed E-state index contributed by atoms with van der Waals surface area (Å²) >= 11 is 0. The smallest absolute Gasteiger partial charge is 0.213 e. The average molecular weight is 295 g/mol.